The van der Waals surface area contributed by atoms with Crippen LogP contribution < -0.4 is 0 Å². The molecular weight excluding hydrogens is 363 g/mol. The largest absolute Gasteiger partial charge is 0.535 e. The van der Waals surface area contributed by atoms with Gasteiger partial charge in [-0.1, -0.05) is 0 Å². The second-order valence-electron chi connectivity index (χ2n) is 6.94. The molecule has 2 nitrogen and oxygen atoms in total. The van der Waals surface area contributed by atoms with Crippen LogP contribution in [0.1, 0.15) is 13.3 Å². The molecule has 0 bridgehead atoms. The third kappa shape index (κ3) is 6.81. The molecule has 0 radical (unpaired) electrons. The van der Waals surface area contributed by atoms with Crippen LogP contribution in [0.4, 0.5) is 30.7 Å². The summed E-state index contributed by atoms with van der Waals surface area (Å²) in [6.07, 6.45) is -7.89. The van der Waals surface area contributed by atoms with Crippen LogP contribution in [0.15, 0.2) is 4.66 Å². The Labute approximate surface area is 133 Å². The molecule has 0 fully saturated rings. The Morgan fingerprint density at radius 3 is 1.70 bits per heavy atom. The van der Waals surface area contributed by atoms with Crippen LogP contribution in [0.3, 0.4) is 0 Å². The first-order valence-electron chi connectivity index (χ1n) is 6.89. The molecule has 0 aliphatic carbocycles. The van der Waals surface area contributed by atoms with Crippen molar-refractivity contribution < 1.29 is 35.2 Å². The molecule has 0 atom stereocenters. The Morgan fingerprint density at radius 2 is 1.35 bits per heavy atom. The van der Waals surface area contributed by atoms with Crippen LogP contribution in [-0.4, -0.2) is 40.5 Å². The molecule has 0 aliphatic rings. The van der Waals surface area contributed by atoms with E-state index in [0.717, 1.165) is 0 Å². The summed E-state index contributed by atoms with van der Waals surface area (Å²) in [6, 6.07) is -0.551. The Bertz CT molecular complexity index is 442. The minimum Gasteiger partial charge on any atom is -0.535 e. The third-order valence-corrected chi connectivity index (χ3v) is 6.06. The quantitative estimate of drug-likeness (QED) is 0.249. The Kier molecular flexibility index (Phi) is 6.56. The van der Waals surface area contributed by atoms with Crippen LogP contribution in [-0.2, 0) is 4.43 Å². The van der Waals surface area contributed by atoms with E-state index in [1.54, 1.807) is 0 Å². The normalized spacial score (nSPS) is 15.8. The highest BCUT2D eigenvalue weighted by molar-refractivity contribution is 6.76. The summed E-state index contributed by atoms with van der Waals surface area (Å²) < 4.78 is 98.3. The summed E-state index contributed by atoms with van der Waals surface area (Å²) in [5, 5.41) is 0. The van der Waals surface area contributed by atoms with Crippen molar-refractivity contribution in [3.63, 3.8) is 0 Å². The molecule has 0 N–H and O–H groups in total. The molecule has 0 aromatic carbocycles. The van der Waals surface area contributed by atoms with Gasteiger partial charge in [0.2, 0.25) is 8.32 Å². The molecule has 0 aliphatic heterocycles. The molecule has 23 heavy (non-hydrogen) atoms. The van der Waals surface area contributed by atoms with Crippen LogP contribution in [0.5, 0.6) is 0 Å². The average molecular weight is 385 g/mol. The van der Waals surface area contributed by atoms with Gasteiger partial charge in [-0.2, -0.15) is 30.7 Å². The first-order chi connectivity index (χ1) is 9.81. The maximum Gasteiger partial charge on any atom is 0.459 e. The highest BCUT2D eigenvalue weighted by Gasteiger charge is 2.72. The fraction of sp³-hybridized carbons (Fsp3) is 0.917. The van der Waals surface area contributed by atoms with Crippen molar-refractivity contribution in [1.82, 2.24) is 0 Å². The van der Waals surface area contributed by atoms with Gasteiger partial charge in [0.25, 0.3) is 0 Å². The Morgan fingerprint density at radius 1 is 0.913 bits per heavy atom. The van der Waals surface area contributed by atoms with Crippen molar-refractivity contribution in [3.8, 4) is 0 Å². The summed E-state index contributed by atoms with van der Waals surface area (Å²) in [4.78, 5) is 0. The van der Waals surface area contributed by atoms with Crippen molar-refractivity contribution in [1.29, 1.82) is 0 Å². The average Bonchev–Trinajstić information content (AvgIpc) is 2.21. The van der Waals surface area contributed by atoms with Gasteiger partial charge in [-0.15, -0.1) is 0 Å². The van der Waals surface area contributed by atoms with E-state index in [2.05, 4.69) is 4.66 Å². The zero-order chi connectivity index (χ0) is 18.9. The third-order valence-electron chi connectivity index (χ3n) is 2.77. The number of hydrogen-bond donors (Lipinski definition) is 0. The lowest BCUT2D eigenvalue weighted by atomic mass is 10.1. The van der Waals surface area contributed by atoms with E-state index in [9.17, 15) is 30.7 Å². The van der Waals surface area contributed by atoms with Crippen LogP contribution in [0.25, 0.3) is 0 Å². The minimum absolute atomic E-state index is 0.256. The molecule has 0 heterocycles. The number of hydrogen-bond acceptors (Lipinski definition) is 2. The van der Waals surface area contributed by atoms with E-state index in [1.807, 2.05) is 19.6 Å². The molecule has 0 unspecified atom stereocenters. The molecule has 0 amide bonds. The predicted octanol–water partition coefficient (Wildman–Crippen LogP) is 5.68. The highest BCUT2D eigenvalue weighted by atomic mass is 28.4. The van der Waals surface area contributed by atoms with Gasteiger partial charge in [0.15, 0.2) is 14.1 Å². The van der Waals surface area contributed by atoms with E-state index >= 15 is 0 Å². The lowest BCUT2D eigenvalue weighted by Gasteiger charge is -2.31. The SMILES string of the molecule is CC(=N[Si](C)(C)C)O[Si](C)(C)CCC(F)(F)C(F)(F)C(F)(F)F. The Hall–Kier alpha value is -0.586. The lowest BCUT2D eigenvalue weighted by molar-refractivity contribution is -0.354. The van der Waals surface area contributed by atoms with Gasteiger partial charge in [0.1, 0.15) is 0 Å². The lowest BCUT2D eigenvalue weighted by Crippen LogP contribution is -2.52. The van der Waals surface area contributed by atoms with E-state index in [4.69, 9.17) is 4.43 Å². The second-order valence-corrected chi connectivity index (χ2v) is 15.7. The van der Waals surface area contributed by atoms with Crippen molar-refractivity contribution in [2.75, 3.05) is 0 Å². The van der Waals surface area contributed by atoms with E-state index < -0.39 is 47.0 Å². The van der Waals surface area contributed by atoms with Crippen molar-refractivity contribution in [2.45, 2.75) is 70.1 Å². The monoisotopic (exact) mass is 385 g/mol. The van der Waals surface area contributed by atoms with Gasteiger partial charge < -0.3 is 4.43 Å². The summed E-state index contributed by atoms with van der Waals surface area (Å²) in [6.45, 7) is 10.2. The van der Waals surface area contributed by atoms with Crippen LogP contribution in [0, 0.1) is 0 Å². The van der Waals surface area contributed by atoms with Gasteiger partial charge in [0, 0.05) is 13.3 Å². The van der Waals surface area contributed by atoms with Crippen LogP contribution in [0.2, 0.25) is 38.8 Å². The maximum atomic E-state index is 13.3. The number of nitrogens with zero attached hydrogens (tertiary/aromatic N) is 1. The molecule has 11 heteroatoms. The van der Waals surface area contributed by atoms with Gasteiger partial charge in [-0.05, 0) is 38.8 Å². The highest BCUT2D eigenvalue weighted by Crippen LogP contribution is 2.49. The first kappa shape index (κ1) is 22.4. The summed E-state index contributed by atoms with van der Waals surface area (Å²) in [5.74, 6) is -11.0. The zero-order valence-electron chi connectivity index (χ0n) is 13.9. The topological polar surface area (TPSA) is 21.6 Å². The van der Waals surface area contributed by atoms with Crippen LogP contribution >= 0.6 is 0 Å². The van der Waals surface area contributed by atoms with Gasteiger partial charge in [-0.3, -0.25) is 4.66 Å². The number of rotatable bonds is 6. The van der Waals surface area contributed by atoms with E-state index in [0.29, 0.717) is 0 Å². The van der Waals surface area contributed by atoms with Gasteiger partial charge in [0.05, 0.1) is 0 Å². The second kappa shape index (κ2) is 6.73. The first-order valence-corrected chi connectivity index (χ1v) is 13.4. The summed E-state index contributed by atoms with van der Waals surface area (Å²) >= 11 is 0. The molecule has 0 saturated carbocycles. The number of halogens is 7. The smallest absolute Gasteiger partial charge is 0.459 e. The van der Waals surface area contributed by atoms with Crippen molar-refractivity contribution >= 4 is 22.5 Å². The summed E-state index contributed by atoms with van der Waals surface area (Å²) in [7, 11) is -4.77. The van der Waals surface area contributed by atoms with E-state index in [-0.39, 0.29) is 5.90 Å². The molecule has 0 aromatic heterocycles. The van der Waals surface area contributed by atoms with Crippen molar-refractivity contribution in [2.24, 2.45) is 4.66 Å². The molecule has 0 aromatic rings. The maximum absolute atomic E-state index is 13.3. The number of alkyl halides is 7. The fourth-order valence-corrected chi connectivity index (χ4v) is 4.71. The minimum atomic E-state index is -6.29. The molecular formula is C12H22F7NOSi2. The van der Waals surface area contributed by atoms with Gasteiger partial charge in [-0.25, -0.2) is 0 Å². The predicted molar refractivity (Wildman–Crippen MR) is 80.4 cm³/mol. The van der Waals surface area contributed by atoms with Crippen molar-refractivity contribution in [3.05, 3.63) is 0 Å². The molecule has 0 spiro atoms. The summed E-state index contributed by atoms with van der Waals surface area (Å²) in [5.41, 5.74) is 0. The zero-order valence-corrected chi connectivity index (χ0v) is 15.9. The van der Waals surface area contributed by atoms with E-state index in [1.165, 1.54) is 20.0 Å². The molecule has 138 valence electrons. The standard InChI is InChI=1S/C12H22F7NOSi2/c1-9(20-22(2,3)4)21-23(5,6)8-7-10(13,14)11(15,16)12(17,18)19/h7-8H2,1-6H3. The molecule has 0 saturated heterocycles. The molecule has 0 rings (SSSR count). The van der Waals surface area contributed by atoms with Gasteiger partial charge >= 0.3 is 18.0 Å². The Balaban J connectivity index is 4.98. The fourth-order valence-electron chi connectivity index (χ4n) is 1.77.